The third kappa shape index (κ3) is 21.9. The number of hydroxylamine groups is 2. The van der Waals surface area contributed by atoms with Crippen molar-refractivity contribution in [2.75, 3.05) is 19.6 Å². The van der Waals surface area contributed by atoms with Gasteiger partial charge in [-0.3, -0.25) is 62.9 Å². The van der Waals surface area contributed by atoms with Crippen LogP contribution in [0, 0.1) is 0 Å². The molecular weight excluding hydrogens is 1110 g/mol. The molecule has 34 nitrogen and oxygen atoms in total. The lowest BCUT2D eigenvalue weighted by molar-refractivity contribution is -0.173. The Morgan fingerprint density at radius 3 is 1.77 bits per heavy atom. The molecule has 1 fully saturated rings. The number of aromatic hydroxyl groups is 1. The zero-order chi connectivity index (χ0) is 62.4. The van der Waals surface area contributed by atoms with Crippen LogP contribution in [0.4, 0.5) is 0 Å². The molecule has 14 atom stereocenters. The molecule has 0 aromatic heterocycles. The number of nitrogens with one attached hydrogen (secondary N) is 9. The summed E-state index contributed by atoms with van der Waals surface area (Å²) in [6.07, 6.45) is -9.55. The van der Waals surface area contributed by atoms with Gasteiger partial charge in [0.05, 0.1) is 30.8 Å². The number of carbonyl (C=O) groups is 12. The minimum Gasteiger partial charge on any atom is -0.508 e. The van der Waals surface area contributed by atoms with Gasteiger partial charge in [0.1, 0.15) is 66.0 Å². The lowest BCUT2D eigenvalue weighted by Crippen LogP contribution is -2.66. The maximum Gasteiger partial charge on any atom is 0.335 e. The maximum absolute atomic E-state index is 14.0. The van der Waals surface area contributed by atoms with Crippen molar-refractivity contribution < 1.29 is 104 Å². The smallest absolute Gasteiger partial charge is 0.335 e. The van der Waals surface area contributed by atoms with Crippen LogP contribution in [-0.4, -0.2) is 232 Å². The number of aliphatic hydroxyl groups is 4. The molecule has 1 aromatic carbocycles. The first-order chi connectivity index (χ1) is 38.9. The van der Waals surface area contributed by atoms with Crippen molar-refractivity contribution in [1.82, 2.24) is 52.9 Å². The topological polar surface area (TPSA) is 563 Å². The fourth-order valence-corrected chi connectivity index (χ4v) is 8.35. The molecule has 9 amide bonds. The van der Waals surface area contributed by atoms with Gasteiger partial charge in [-0.15, -0.1) is 0 Å². The first kappa shape index (κ1) is 69.1. The Balaban J connectivity index is 1.82. The van der Waals surface area contributed by atoms with Crippen LogP contribution in [0.3, 0.4) is 0 Å². The number of amides is 9. The first-order valence-corrected chi connectivity index (χ1v) is 26.3. The number of nitrogens with two attached hydrogens (primary N) is 2. The van der Waals surface area contributed by atoms with E-state index < -0.39 is 162 Å². The van der Waals surface area contributed by atoms with Gasteiger partial charge in [-0.2, -0.15) is 0 Å². The Hall–Kier alpha value is -8.15. The van der Waals surface area contributed by atoms with Crippen molar-refractivity contribution in [2.45, 2.75) is 170 Å². The molecule has 83 heavy (non-hydrogen) atoms. The van der Waals surface area contributed by atoms with Gasteiger partial charge >= 0.3 is 17.9 Å². The molecule has 0 bridgehead atoms. The average molecular weight is 1180 g/mol. The second-order valence-electron chi connectivity index (χ2n) is 19.8. The molecule has 22 N–H and O–H groups in total. The Morgan fingerprint density at radius 1 is 0.687 bits per heavy atom. The number of carbonyl (C=O) groups excluding carboxylic acids is 9. The monoisotopic (exact) mass is 1180 g/mol. The van der Waals surface area contributed by atoms with Crippen molar-refractivity contribution in [2.24, 2.45) is 16.5 Å². The van der Waals surface area contributed by atoms with Crippen molar-refractivity contribution >= 4 is 76.9 Å². The van der Waals surface area contributed by atoms with E-state index in [1.165, 1.54) is 12.1 Å². The number of carboxylic acids is 3. The predicted octanol–water partition coefficient (Wildman–Crippen LogP) is -8.03. The number of rotatable bonds is 33. The van der Waals surface area contributed by atoms with Crippen LogP contribution in [0.25, 0.3) is 0 Å². The van der Waals surface area contributed by atoms with Gasteiger partial charge in [0.2, 0.25) is 47.3 Å². The normalized spacial score (nSPS) is 19.4. The van der Waals surface area contributed by atoms with Crippen molar-refractivity contribution in [3.8, 4) is 5.75 Å². The van der Waals surface area contributed by atoms with E-state index >= 15 is 0 Å². The summed E-state index contributed by atoms with van der Waals surface area (Å²) in [6, 6.07) is -11.3. The van der Waals surface area contributed by atoms with Gasteiger partial charge in [0.25, 0.3) is 5.91 Å². The van der Waals surface area contributed by atoms with Crippen LogP contribution < -0.4 is 59.3 Å². The van der Waals surface area contributed by atoms with E-state index in [-0.39, 0.29) is 89.0 Å². The average Bonchev–Trinajstić information content (AvgIpc) is 3.46. The van der Waals surface area contributed by atoms with Gasteiger partial charge in [-0.1, -0.05) is 12.1 Å². The molecule has 2 aliphatic heterocycles. The molecule has 1 aromatic rings. The van der Waals surface area contributed by atoms with Crippen LogP contribution >= 0.6 is 0 Å². The fraction of sp³-hybridized carbons (Fsp3) is 0.612. The highest BCUT2D eigenvalue weighted by Gasteiger charge is 2.42. The third-order valence-electron chi connectivity index (χ3n) is 13.0. The number of amidine groups is 1. The molecule has 462 valence electrons. The van der Waals surface area contributed by atoms with Crippen LogP contribution in [0.2, 0.25) is 0 Å². The van der Waals surface area contributed by atoms with Crippen molar-refractivity contribution in [3.63, 3.8) is 0 Å². The largest absolute Gasteiger partial charge is 0.508 e. The predicted molar refractivity (Wildman–Crippen MR) is 283 cm³/mol. The number of hydrogen-bond donors (Lipinski definition) is 20. The van der Waals surface area contributed by atoms with E-state index in [1.54, 1.807) is 12.1 Å². The van der Waals surface area contributed by atoms with E-state index in [1.807, 2.05) is 10.6 Å². The number of aliphatic imine (C=N–C) groups is 1. The number of phenols is 1. The molecule has 3 rings (SSSR count). The van der Waals surface area contributed by atoms with Gasteiger partial charge in [0.15, 0.2) is 6.10 Å². The minimum atomic E-state index is -2.85. The molecule has 0 spiro atoms. The molecule has 1 saturated heterocycles. The Bertz CT molecular complexity index is 2520. The minimum absolute atomic E-state index is 0.0262. The Labute approximate surface area is 473 Å². The number of hydrogen-bond acceptors (Lipinski definition) is 22. The van der Waals surface area contributed by atoms with Crippen molar-refractivity contribution in [1.29, 1.82) is 0 Å². The molecule has 0 unspecified atom stereocenters. The molecule has 2 aliphatic rings. The summed E-state index contributed by atoms with van der Waals surface area (Å²) in [5, 5.41) is 111. The zero-order valence-electron chi connectivity index (χ0n) is 45.6. The number of benzene rings is 1. The molecule has 0 radical (unpaired) electrons. The molecule has 0 saturated carbocycles. The number of aliphatic hydroxyl groups excluding tert-OH is 4. The number of phenolic OH excluding ortho intramolecular Hbond substituents is 1. The lowest BCUT2D eigenvalue weighted by Gasteiger charge is -2.31. The summed E-state index contributed by atoms with van der Waals surface area (Å²) in [5.41, 5.74) is 11.8. The number of piperidine rings is 1. The van der Waals surface area contributed by atoms with E-state index in [4.69, 9.17) is 16.6 Å². The molecule has 34 heteroatoms. The summed E-state index contributed by atoms with van der Waals surface area (Å²) >= 11 is 0. The second kappa shape index (κ2) is 33.1. The second-order valence-corrected chi connectivity index (χ2v) is 19.8. The van der Waals surface area contributed by atoms with Crippen LogP contribution in [-0.2, 0) is 64.0 Å². The van der Waals surface area contributed by atoms with Gasteiger partial charge in [0, 0.05) is 19.5 Å². The van der Waals surface area contributed by atoms with Crippen molar-refractivity contribution in [3.05, 3.63) is 29.8 Å². The van der Waals surface area contributed by atoms with Crippen LogP contribution in [0.5, 0.6) is 5.75 Å². The van der Waals surface area contributed by atoms with Gasteiger partial charge in [-0.05, 0) is 96.4 Å². The number of nitrogens with zero attached hydrogens (tertiary/aromatic N) is 2. The first-order valence-electron chi connectivity index (χ1n) is 26.3. The van der Waals surface area contributed by atoms with Crippen LogP contribution in [0.15, 0.2) is 29.3 Å². The highest BCUT2D eigenvalue weighted by atomic mass is 16.5. The standard InChI is InChI=1S/C49H75N13O21/c1-21(63)34(43(74)56-29-8-6-18-62(83)47(29)78)59-44(75)36(23(3)65)60-46(77)37(38(70)49(81)82)61-45(76)35(22(2)64)58-41(72)27(7-4-5-16-50)55-42(73)31(20-33(68)69)57-40(71)28-15-17-52-39(54-28)30(19-24-9-11-25(66)12-10-24)53-32(67)14-13-26(51)48(79)80/h9-12,21-23,26-31,34-38,63-66,70,83H,4-8,13-20,50-51H2,1-3H3,(H,52,54)(H,53,67)(H,55,73)(H,56,74)(H,57,71)(H,58,72)(H,59,75)(H,60,77)(H,61,76)(H,68,69)(H,79,80)(H,81,82)/t21-,22-,23-,26+,27+,28+,29+,30-,31+,34-,35+,36+,37-,38-/m1/s1. The highest BCUT2D eigenvalue weighted by molar-refractivity contribution is 6.01. The number of aliphatic carboxylic acids is 3. The quantitative estimate of drug-likeness (QED) is 0.0230. The third-order valence-corrected chi connectivity index (χ3v) is 13.0. The van der Waals surface area contributed by atoms with Gasteiger partial charge < -0.3 is 100 Å². The van der Waals surface area contributed by atoms with E-state index in [9.17, 15) is 98.5 Å². The zero-order valence-corrected chi connectivity index (χ0v) is 45.6. The Kier molecular flexibility index (Phi) is 27.5. The highest BCUT2D eigenvalue weighted by Crippen LogP contribution is 2.16. The number of carboxylic acid groups (broad SMARTS) is 3. The fourth-order valence-electron chi connectivity index (χ4n) is 8.35. The maximum atomic E-state index is 14.0. The molecule has 0 aliphatic carbocycles. The van der Waals surface area contributed by atoms with Gasteiger partial charge in [-0.25, -0.2) is 9.86 Å². The van der Waals surface area contributed by atoms with E-state index in [0.717, 1.165) is 20.8 Å². The summed E-state index contributed by atoms with van der Waals surface area (Å²) in [6.45, 7) is 2.99. The summed E-state index contributed by atoms with van der Waals surface area (Å²) < 4.78 is 0. The molecule has 2 heterocycles. The lowest BCUT2D eigenvalue weighted by atomic mass is 10.0. The number of unbranched alkanes of at least 4 members (excludes halogenated alkanes) is 1. The van der Waals surface area contributed by atoms with Crippen LogP contribution in [0.1, 0.15) is 84.1 Å². The molecular formula is C49H75N13O21. The summed E-state index contributed by atoms with van der Waals surface area (Å²) in [5.74, 6) is -15.8. The van der Waals surface area contributed by atoms with E-state index in [0.29, 0.717) is 10.6 Å². The summed E-state index contributed by atoms with van der Waals surface area (Å²) in [4.78, 5) is 161. The van der Waals surface area contributed by atoms with E-state index in [2.05, 4.69) is 42.2 Å². The summed E-state index contributed by atoms with van der Waals surface area (Å²) in [7, 11) is 0. The SMILES string of the molecule is C[C@@H](O)[C@H](NC(=O)[C@H](CCCCN)NC(=O)[C@H](CC(=O)O)NC(=O)[C@@H]1CCN=C([C@@H](Cc2ccc(O)cc2)NC(=O)CC[C@H](N)C(=O)O)N1)C(=O)N[C@@H](C(=O)N[C@H](C(=O)N[C@@H](C(=O)N[C@H]1CCCN(O)C1=O)[C@@H](C)O)[C@@H](C)O)[C@@H](O)C(=O)O. The Morgan fingerprint density at radius 2 is 1.23 bits per heavy atom.